The molecule has 1 amide bonds. The van der Waals surface area contributed by atoms with Crippen LogP contribution in [0.3, 0.4) is 0 Å². The summed E-state index contributed by atoms with van der Waals surface area (Å²) in [5.41, 5.74) is 0. The summed E-state index contributed by atoms with van der Waals surface area (Å²) < 4.78 is 28.1. The molecule has 0 fully saturated rings. The quantitative estimate of drug-likeness (QED) is 0.300. The molecule has 9 heteroatoms. The Morgan fingerprint density at radius 1 is 0.875 bits per heavy atom. The number of ether oxygens (including phenoxy) is 2. The van der Waals surface area contributed by atoms with E-state index in [1.54, 1.807) is 0 Å². The molecule has 0 heterocycles. The van der Waals surface area contributed by atoms with Crippen LogP contribution in [0.2, 0.25) is 6.04 Å². The van der Waals surface area contributed by atoms with Gasteiger partial charge in [-0.15, -0.1) is 0 Å². The molecule has 0 saturated carbocycles. The molecule has 0 unspecified atom stereocenters. The zero-order chi connectivity index (χ0) is 18.1. The van der Waals surface area contributed by atoms with Crippen molar-refractivity contribution in [1.82, 2.24) is 5.32 Å². The summed E-state index contributed by atoms with van der Waals surface area (Å²) in [6.07, 6.45) is 0.790. The average Bonchev–Trinajstić information content (AvgIpc) is 2.53. The molecular weight excluding hydrogens is 334 g/mol. The lowest BCUT2D eigenvalue weighted by Crippen LogP contribution is -2.45. The van der Waals surface area contributed by atoms with Gasteiger partial charge in [0, 0.05) is 39.0 Å². The summed E-state index contributed by atoms with van der Waals surface area (Å²) >= 11 is 0. The van der Waals surface area contributed by atoms with Crippen LogP contribution in [0, 0.1) is 0 Å². The van der Waals surface area contributed by atoms with Crippen molar-refractivity contribution in [3.8, 4) is 0 Å². The van der Waals surface area contributed by atoms with Crippen LogP contribution in [0.25, 0.3) is 0 Å². The second-order valence-electron chi connectivity index (χ2n) is 4.90. The second-order valence-corrected chi connectivity index (χ2v) is 7.63. The van der Waals surface area contributed by atoms with E-state index in [1.165, 1.54) is 0 Å². The van der Waals surface area contributed by atoms with Crippen LogP contribution >= 0.6 is 0 Å². The summed E-state index contributed by atoms with van der Waals surface area (Å²) in [5.74, 6) is 0. The Balaban J connectivity index is 3.65. The molecule has 0 aromatic rings. The van der Waals surface area contributed by atoms with E-state index in [1.807, 2.05) is 20.8 Å². The number of hydrogen-bond acceptors (Lipinski definition) is 6. The van der Waals surface area contributed by atoms with Gasteiger partial charge in [0.15, 0.2) is 0 Å². The van der Waals surface area contributed by atoms with Crippen molar-refractivity contribution in [2.45, 2.75) is 39.7 Å². The second kappa shape index (κ2) is 15.8. The zero-order valence-electron chi connectivity index (χ0n) is 15.2. The summed E-state index contributed by atoms with van der Waals surface area (Å²) in [5, 5.41) is 10.6. The average molecular weight is 368 g/mol. The first-order chi connectivity index (χ1) is 11.6. The van der Waals surface area contributed by atoms with Gasteiger partial charge in [-0.1, -0.05) is 0 Å². The lowest BCUT2D eigenvalue weighted by molar-refractivity contribution is 0.0461. The van der Waals surface area contributed by atoms with E-state index in [9.17, 15) is 4.79 Å². The molecule has 0 radical (unpaired) electrons. The number of rotatable bonds is 17. The summed E-state index contributed by atoms with van der Waals surface area (Å²) in [7, 11) is -2.53. The lowest BCUT2D eigenvalue weighted by atomic mass is 10.4. The van der Waals surface area contributed by atoms with E-state index in [2.05, 4.69) is 5.32 Å². The minimum atomic E-state index is -2.53. The predicted molar refractivity (Wildman–Crippen MR) is 92.3 cm³/mol. The minimum Gasteiger partial charge on any atom is -0.465 e. The fraction of sp³-hybridized carbons (Fsp3) is 0.933. The highest BCUT2D eigenvalue weighted by Crippen LogP contribution is 2.19. The maximum Gasteiger partial charge on any atom is 0.500 e. The van der Waals surface area contributed by atoms with Crippen LogP contribution in [-0.2, 0) is 22.8 Å². The molecule has 0 aromatic heterocycles. The summed E-state index contributed by atoms with van der Waals surface area (Å²) in [6.45, 7) is 9.87. The first-order valence-corrected chi connectivity index (χ1v) is 10.6. The number of hydrogen-bond donors (Lipinski definition) is 2. The third-order valence-electron chi connectivity index (χ3n) is 3.01. The van der Waals surface area contributed by atoms with Crippen LogP contribution in [-0.4, -0.2) is 72.8 Å². The van der Waals surface area contributed by atoms with Crippen molar-refractivity contribution in [2.24, 2.45) is 0 Å². The van der Waals surface area contributed by atoms with Crippen LogP contribution in [0.4, 0.5) is 4.79 Å². The first kappa shape index (κ1) is 23.3. The molecule has 0 atom stereocenters. The SMILES string of the molecule is CCO[Si](CCCCOCCOCCNC(=O)O)(OCC)OCC. The Hall–Kier alpha value is -0.713. The largest absolute Gasteiger partial charge is 0.500 e. The molecular formula is C15H33NO7Si. The van der Waals surface area contributed by atoms with E-state index in [0.29, 0.717) is 46.2 Å². The number of unbranched alkanes of at least 4 members (excludes halogenated alkanes) is 1. The van der Waals surface area contributed by atoms with Crippen LogP contribution in [0.5, 0.6) is 0 Å². The van der Waals surface area contributed by atoms with Gasteiger partial charge in [-0.05, 0) is 33.6 Å². The first-order valence-electron chi connectivity index (χ1n) is 8.64. The van der Waals surface area contributed by atoms with E-state index in [4.69, 9.17) is 27.9 Å². The van der Waals surface area contributed by atoms with Gasteiger partial charge < -0.3 is 33.2 Å². The van der Waals surface area contributed by atoms with Gasteiger partial charge in [0.25, 0.3) is 0 Å². The van der Waals surface area contributed by atoms with Crippen LogP contribution < -0.4 is 5.32 Å². The van der Waals surface area contributed by atoms with Gasteiger partial charge in [0.1, 0.15) is 0 Å². The van der Waals surface area contributed by atoms with Crippen molar-refractivity contribution in [3.63, 3.8) is 0 Å². The molecule has 0 aromatic carbocycles. The number of carbonyl (C=O) groups is 1. The summed E-state index contributed by atoms with van der Waals surface area (Å²) in [6, 6.07) is 0.795. The van der Waals surface area contributed by atoms with E-state index in [0.717, 1.165) is 18.9 Å². The number of carboxylic acid groups (broad SMARTS) is 1. The number of nitrogens with one attached hydrogen (secondary N) is 1. The smallest absolute Gasteiger partial charge is 0.465 e. The Morgan fingerprint density at radius 3 is 1.92 bits per heavy atom. The molecule has 0 bridgehead atoms. The van der Waals surface area contributed by atoms with E-state index >= 15 is 0 Å². The highest BCUT2D eigenvalue weighted by Gasteiger charge is 2.39. The molecule has 24 heavy (non-hydrogen) atoms. The van der Waals surface area contributed by atoms with Crippen LogP contribution in [0.15, 0.2) is 0 Å². The lowest BCUT2D eigenvalue weighted by Gasteiger charge is -2.28. The van der Waals surface area contributed by atoms with Crippen molar-refractivity contribution >= 4 is 14.9 Å². The Morgan fingerprint density at radius 2 is 1.42 bits per heavy atom. The summed E-state index contributed by atoms with van der Waals surface area (Å²) in [4.78, 5) is 10.2. The van der Waals surface area contributed by atoms with Crippen molar-refractivity contribution < 1.29 is 32.7 Å². The third kappa shape index (κ3) is 12.7. The highest BCUT2D eigenvalue weighted by atomic mass is 28.4. The molecule has 0 saturated heterocycles. The normalized spacial score (nSPS) is 11.6. The molecule has 8 nitrogen and oxygen atoms in total. The molecule has 144 valence electrons. The Labute approximate surface area is 146 Å². The van der Waals surface area contributed by atoms with Crippen molar-refractivity contribution in [3.05, 3.63) is 0 Å². The molecule has 0 aliphatic rings. The van der Waals surface area contributed by atoms with Crippen molar-refractivity contribution in [2.75, 3.05) is 52.8 Å². The molecule has 0 rings (SSSR count). The molecule has 2 N–H and O–H groups in total. The maximum absolute atomic E-state index is 10.2. The molecule has 0 aliphatic heterocycles. The van der Waals surface area contributed by atoms with Gasteiger partial charge in [-0.3, -0.25) is 0 Å². The third-order valence-corrected chi connectivity index (χ3v) is 6.16. The Bertz CT molecular complexity index is 291. The molecule has 0 spiro atoms. The van der Waals surface area contributed by atoms with Gasteiger partial charge in [0.2, 0.25) is 0 Å². The van der Waals surface area contributed by atoms with Gasteiger partial charge in [-0.25, -0.2) is 4.79 Å². The standard InChI is InChI=1S/C15H33NO7Si/c1-4-21-24(22-5-2,23-6-3)14-8-7-10-19-12-13-20-11-9-16-15(17)18/h16H,4-14H2,1-3H3,(H,17,18). The highest BCUT2D eigenvalue weighted by molar-refractivity contribution is 6.60. The van der Waals surface area contributed by atoms with E-state index in [-0.39, 0.29) is 6.54 Å². The maximum atomic E-state index is 10.2. The fourth-order valence-electron chi connectivity index (χ4n) is 2.10. The zero-order valence-corrected chi connectivity index (χ0v) is 16.2. The van der Waals surface area contributed by atoms with Gasteiger partial charge in [-0.2, -0.15) is 0 Å². The fourth-order valence-corrected chi connectivity index (χ4v) is 4.78. The number of amides is 1. The van der Waals surface area contributed by atoms with Crippen LogP contribution in [0.1, 0.15) is 33.6 Å². The molecule has 0 aliphatic carbocycles. The minimum absolute atomic E-state index is 0.286. The van der Waals surface area contributed by atoms with Gasteiger partial charge >= 0.3 is 14.9 Å². The van der Waals surface area contributed by atoms with E-state index < -0.39 is 14.9 Å². The van der Waals surface area contributed by atoms with Gasteiger partial charge in [0.05, 0.1) is 19.8 Å². The predicted octanol–water partition coefficient (Wildman–Crippen LogP) is 2.12. The Kier molecular flexibility index (Phi) is 15.3. The van der Waals surface area contributed by atoms with Crippen molar-refractivity contribution in [1.29, 1.82) is 0 Å². The topological polar surface area (TPSA) is 95.5 Å². The monoisotopic (exact) mass is 367 g/mol.